The highest BCUT2D eigenvalue weighted by Crippen LogP contribution is 2.30. The molecule has 25 heavy (non-hydrogen) atoms. The lowest BCUT2D eigenvalue weighted by molar-refractivity contribution is -0.139. The Balaban J connectivity index is 2.03. The second-order valence-corrected chi connectivity index (χ2v) is 5.68. The molecule has 2 rings (SSSR count). The number of rotatable bonds is 5. The summed E-state index contributed by atoms with van der Waals surface area (Å²) in [6.07, 6.45) is 1.16. The number of nitrogens with one attached hydrogen (secondary N) is 2. The number of methoxy groups -OCH3 is 2. The molecule has 8 nitrogen and oxygen atoms in total. The smallest absolute Gasteiger partial charge is 0.313 e. The molecule has 1 aromatic carbocycles. The van der Waals surface area contributed by atoms with Crippen LogP contribution in [0.1, 0.15) is 18.9 Å². The van der Waals surface area contributed by atoms with Crippen LogP contribution in [0.25, 0.3) is 0 Å². The summed E-state index contributed by atoms with van der Waals surface area (Å²) >= 11 is 0. The molecule has 2 N–H and O–H groups in total. The van der Waals surface area contributed by atoms with Gasteiger partial charge in [-0.1, -0.05) is 6.07 Å². The predicted molar refractivity (Wildman–Crippen MR) is 92.2 cm³/mol. The fraction of sp³-hybridized carbons (Fsp3) is 0.471. The summed E-state index contributed by atoms with van der Waals surface area (Å²) < 4.78 is 9.88. The fourth-order valence-corrected chi connectivity index (χ4v) is 2.69. The number of hydrogen-bond acceptors (Lipinski definition) is 5. The number of nitrogens with zero attached hydrogens (tertiary/aromatic N) is 1. The van der Waals surface area contributed by atoms with E-state index in [1.807, 2.05) is 6.07 Å². The van der Waals surface area contributed by atoms with Crippen LogP contribution in [0.2, 0.25) is 0 Å². The molecule has 0 spiro atoms. The highest BCUT2D eigenvalue weighted by molar-refractivity contribution is 6.39. The summed E-state index contributed by atoms with van der Waals surface area (Å²) in [5, 5.41) is 4.97. The van der Waals surface area contributed by atoms with Gasteiger partial charge in [-0.15, -0.1) is 0 Å². The quantitative estimate of drug-likeness (QED) is 0.601. The van der Waals surface area contributed by atoms with E-state index < -0.39 is 18.1 Å². The zero-order chi connectivity index (χ0) is 18.4. The lowest BCUT2D eigenvalue weighted by Crippen LogP contribution is -2.40. The molecule has 0 aromatic heterocycles. The molecule has 136 valence electrons. The van der Waals surface area contributed by atoms with Gasteiger partial charge in [0.25, 0.3) is 0 Å². The number of anilines is 2. The van der Waals surface area contributed by atoms with Gasteiger partial charge >= 0.3 is 11.8 Å². The van der Waals surface area contributed by atoms with Crippen molar-refractivity contribution in [3.63, 3.8) is 0 Å². The van der Waals surface area contributed by atoms with Crippen molar-refractivity contribution in [1.82, 2.24) is 5.32 Å². The molecule has 3 amide bonds. The van der Waals surface area contributed by atoms with E-state index in [9.17, 15) is 14.4 Å². The summed E-state index contributed by atoms with van der Waals surface area (Å²) in [7, 11) is 2.88. The average Bonchev–Trinajstić information content (AvgIpc) is 2.61. The van der Waals surface area contributed by atoms with Crippen LogP contribution in [0.4, 0.5) is 11.4 Å². The van der Waals surface area contributed by atoms with Crippen molar-refractivity contribution >= 4 is 29.1 Å². The van der Waals surface area contributed by atoms with E-state index >= 15 is 0 Å². The monoisotopic (exact) mass is 349 g/mol. The van der Waals surface area contributed by atoms with Crippen molar-refractivity contribution in [2.45, 2.75) is 26.1 Å². The Hall–Kier alpha value is -2.45. The first-order valence-corrected chi connectivity index (χ1v) is 8.02. The Morgan fingerprint density at radius 1 is 1.20 bits per heavy atom. The first-order valence-electron chi connectivity index (χ1n) is 8.02. The number of ether oxygens (including phenoxy) is 2. The van der Waals surface area contributed by atoms with Crippen molar-refractivity contribution in [2.24, 2.45) is 0 Å². The van der Waals surface area contributed by atoms with Gasteiger partial charge in [-0.25, -0.2) is 0 Å². The summed E-state index contributed by atoms with van der Waals surface area (Å²) in [4.78, 5) is 37.3. The number of fused-ring (bicyclic) bond motifs is 1. The third kappa shape index (κ3) is 4.77. The normalized spacial score (nSPS) is 13.4. The summed E-state index contributed by atoms with van der Waals surface area (Å²) in [5.74, 6) is -1.64. The summed E-state index contributed by atoms with van der Waals surface area (Å²) in [6, 6.07) is 5.30. The maximum Gasteiger partial charge on any atom is 0.313 e. The van der Waals surface area contributed by atoms with Crippen LogP contribution in [0.3, 0.4) is 0 Å². The second kappa shape index (κ2) is 8.59. The number of aryl methyl sites for hydroxylation is 1. The molecule has 0 aliphatic carbocycles. The molecule has 0 atom stereocenters. The van der Waals surface area contributed by atoms with Crippen LogP contribution >= 0.6 is 0 Å². The number of hydrogen-bond donors (Lipinski definition) is 2. The maximum atomic E-state index is 12.0. The Kier molecular flexibility index (Phi) is 6.49. The lowest BCUT2D eigenvalue weighted by Gasteiger charge is -2.29. The minimum absolute atomic E-state index is 0.0488. The number of benzene rings is 1. The first-order chi connectivity index (χ1) is 12.0. The maximum absolute atomic E-state index is 12.0. The van der Waals surface area contributed by atoms with E-state index in [4.69, 9.17) is 9.47 Å². The molecule has 1 aliphatic heterocycles. The standard InChI is InChI=1S/C17H23N3O5/c1-11(21)20-8-4-5-12-6-7-13(9-14(12)20)19-17(23)16(22)18-10-15(24-2)25-3/h6-7,9,15H,4-5,8,10H2,1-3H3,(H,18,22)(H,19,23). The van der Waals surface area contributed by atoms with E-state index in [1.54, 1.807) is 17.0 Å². The SMILES string of the molecule is COC(CNC(=O)C(=O)Nc1ccc2c(c1)N(C(C)=O)CCC2)OC. The number of carbonyl (C=O) groups excluding carboxylic acids is 3. The molecule has 0 unspecified atom stereocenters. The van der Waals surface area contributed by atoms with Gasteiger partial charge in [0.15, 0.2) is 6.29 Å². The van der Waals surface area contributed by atoms with Crippen molar-refractivity contribution in [3.8, 4) is 0 Å². The van der Waals surface area contributed by atoms with E-state index in [0.29, 0.717) is 12.2 Å². The molecule has 0 saturated carbocycles. The van der Waals surface area contributed by atoms with Gasteiger partial charge in [-0.3, -0.25) is 14.4 Å². The Bertz CT molecular complexity index is 658. The van der Waals surface area contributed by atoms with Crippen molar-refractivity contribution in [2.75, 3.05) is 37.5 Å². The molecule has 1 aliphatic rings. The molecule has 0 fully saturated rings. The van der Waals surface area contributed by atoms with Crippen LogP contribution < -0.4 is 15.5 Å². The molecule has 0 saturated heterocycles. The zero-order valence-electron chi connectivity index (χ0n) is 14.6. The Morgan fingerprint density at radius 2 is 1.92 bits per heavy atom. The zero-order valence-corrected chi connectivity index (χ0v) is 14.6. The predicted octanol–water partition coefficient (Wildman–Crippen LogP) is 0.659. The van der Waals surface area contributed by atoms with E-state index in [0.717, 1.165) is 24.1 Å². The first kappa shape index (κ1) is 18.9. The molecule has 0 bridgehead atoms. The van der Waals surface area contributed by atoms with Gasteiger partial charge in [0, 0.05) is 39.1 Å². The Labute approximate surface area is 146 Å². The molecule has 0 radical (unpaired) electrons. The van der Waals surface area contributed by atoms with Gasteiger partial charge in [-0.2, -0.15) is 0 Å². The van der Waals surface area contributed by atoms with Gasteiger partial charge in [-0.05, 0) is 30.5 Å². The van der Waals surface area contributed by atoms with Gasteiger partial charge < -0.3 is 25.0 Å². The van der Waals surface area contributed by atoms with Crippen LogP contribution in [0.5, 0.6) is 0 Å². The minimum Gasteiger partial charge on any atom is -0.354 e. The van der Waals surface area contributed by atoms with Crippen molar-refractivity contribution in [3.05, 3.63) is 23.8 Å². The molecule has 8 heteroatoms. The van der Waals surface area contributed by atoms with E-state index in [2.05, 4.69) is 10.6 Å². The molecule has 1 aromatic rings. The van der Waals surface area contributed by atoms with Crippen molar-refractivity contribution < 1.29 is 23.9 Å². The van der Waals surface area contributed by atoms with Crippen LogP contribution in [-0.4, -0.2) is 51.3 Å². The molecule has 1 heterocycles. The van der Waals surface area contributed by atoms with Crippen LogP contribution in [-0.2, 0) is 30.3 Å². The second-order valence-electron chi connectivity index (χ2n) is 5.68. The highest BCUT2D eigenvalue weighted by atomic mass is 16.7. The molecular weight excluding hydrogens is 326 g/mol. The van der Waals surface area contributed by atoms with Crippen LogP contribution in [0.15, 0.2) is 18.2 Å². The fourth-order valence-electron chi connectivity index (χ4n) is 2.69. The van der Waals surface area contributed by atoms with Gasteiger partial charge in [0.05, 0.1) is 6.54 Å². The third-order valence-electron chi connectivity index (χ3n) is 4.00. The van der Waals surface area contributed by atoms with Gasteiger partial charge in [0.1, 0.15) is 0 Å². The average molecular weight is 349 g/mol. The third-order valence-corrected chi connectivity index (χ3v) is 4.00. The lowest BCUT2D eigenvalue weighted by atomic mass is 10.0. The minimum atomic E-state index is -0.795. The summed E-state index contributed by atoms with van der Waals surface area (Å²) in [6.45, 7) is 2.22. The summed E-state index contributed by atoms with van der Waals surface area (Å²) in [5.41, 5.74) is 2.28. The van der Waals surface area contributed by atoms with Gasteiger partial charge in [0.2, 0.25) is 5.91 Å². The number of carbonyl (C=O) groups is 3. The topological polar surface area (TPSA) is 97.0 Å². The Morgan fingerprint density at radius 3 is 2.56 bits per heavy atom. The van der Waals surface area contributed by atoms with Crippen molar-refractivity contribution in [1.29, 1.82) is 0 Å². The van der Waals surface area contributed by atoms with Crippen LogP contribution in [0, 0.1) is 0 Å². The number of amides is 3. The molecular formula is C17H23N3O5. The van der Waals surface area contributed by atoms with E-state index in [-0.39, 0.29) is 12.5 Å². The van der Waals surface area contributed by atoms with E-state index in [1.165, 1.54) is 21.1 Å². The largest absolute Gasteiger partial charge is 0.354 e. The highest BCUT2D eigenvalue weighted by Gasteiger charge is 2.21.